The van der Waals surface area contributed by atoms with E-state index in [1.807, 2.05) is 12.1 Å². The lowest BCUT2D eigenvalue weighted by Gasteiger charge is -2.10. The van der Waals surface area contributed by atoms with Gasteiger partial charge in [-0.15, -0.1) is 0 Å². The Morgan fingerprint density at radius 1 is 1.47 bits per heavy atom. The highest BCUT2D eigenvalue weighted by molar-refractivity contribution is 7.86. The van der Waals surface area contributed by atoms with Gasteiger partial charge >= 0.3 is 0 Å². The van der Waals surface area contributed by atoms with Gasteiger partial charge in [0.2, 0.25) is 0 Å². The molecule has 1 aliphatic carbocycles. The number of rotatable bonds is 2. The van der Waals surface area contributed by atoms with Gasteiger partial charge in [-0.25, -0.2) is 0 Å². The van der Waals surface area contributed by atoms with E-state index >= 15 is 0 Å². The molecule has 1 atom stereocenters. The van der Waals surface area contributed by atoms with Gasteiger partial charge in [-0.3, -0.25) is 4.18 Å². The van der Waals surface area contributed by atoms with Crippen molar-refractivity contribution in [1.82, 2.24) is 0 Å². The maximum Gasteiger partial charge on any atom is 0.264 e. The molecule has 2 rings (SSSR count). The lowest BCUT2D eigenvalue weighted by Crippen LogP contribution is -2.07. The molecule has 0 radical (unpaired) electrons. The molecule has 0 spiro atoms. The van der Waals surface area contributed by atoms with Crippen molar-refractivity contribution in [1.29, 1.82) is 0 Å². The average Bonchev–Trinajstić information content (AvgIpc) is 2.45. The Kier molecular flexibility index (Phi) is 2.75. The highest BCUT2D eigenvalue weighted by atomic mass is 35.5. The fourth-order valence-corrected chi connectivity index (χ4v) is 2.67. The third kappa shape index (κ3) is 2.51. The number of hydrogen-bond donors (Lipinski definition) is 0. The van der Waals surface area contributed by atoms with Crippen LogP contribution in [0.1, 0.15) is 23.7 Å². The van der Waals surface area contributed by atoms with Crippen molar-refractivity contribution in [2.24, 2.45) is 0 Å². The molecule has 1 aliphatic rings. The quantitative estimate of drug-likeness (QED) is 0.752. The Labute approximate surface area is 94.1 Å². The monoisotopic (exact) mass is 246 g/mol. The van der Waals surface area contributed by atoms with Crippen LogP contribution in [0.4, 0.5) is 0 Å². The molecule has 0 fully saturated rings. The van der Waals surface area contributed by atoms with Gasteiger partial charge in [-0.05, 0) is 36.1 Å². The van der Waals surface area contributed by atoms with E-state index in [0.717, 1.165) is 23.8 Å². The van der Waals surface area contributed by atoms with E-state index in [2.05, 4.69) is 0 Å². The molecule has 0 amide bonds. The first-order valence-electron chi connectivity index (χ1n) is 4.62. The molecular weight excluding hydrogens is 236 g/mol. The first-order chi connectivity index (χ1) is 6.96. The summed E-state index contributed by atoms with van der Waals surface area (Å²) in [5.41, 5.74) is 2.01. The highest BCUT2D eigenvalue weighted by Crippen LogP contribution is 2.36. The number of hydrogen-bond acceptors (Lipinski definition) is 3. The van der Waals surface area contributed by atoms with Crippen LogP contribution in [-0.4, -0.2) is 14.7 Å². The van der Waals surface area contributed by atoms with Crippen LogP contribution in [-0.2, 0) is 20.7 Å². The second-order valence-electron chi connectivity index (χ2n) is 3.67. The average molecular weight is 247 g/mol. The second-order valence-corrected chi connectivity index (χ2v) is 5.71. The minimum Gasteiger partial charge on any atom is -0.262 e. The van der Waals surface area contributed by atoms with Gasteiger partial charge in [-0.2, -0.15) is 8.42 Å². The van der Waals surface area contributed by atoms with Gasteiger partial charge in [0.05, 0.1) is 6.26 Å². The van der Waals surface area contributed by atoms with Crippen LogP contribution in [0.2, 0.25) is 5.02 Å². The van der Waals surface area contributed by atoms with Crippen LogP contribution in [0.5, 0.6) is 0 Å². The van der Waals surface area contributed by atoms with Gasteiger partial charge in [0.1, 0.15) is 6.10 Å². The van der Waals surface area contributed by atoms with E-state index in [1.54, 1.807) is 6.07 Å². The van der Waals surface area contributed by atoms with Crippen molar-refractivity contribution in [2.75, 3.05) is 6.26 Å². The topological polar surface area (TPSA) is 43.4 Å². The van der Waals surface area contributed by atoms with Crippen molar-refractivity contribution < 1.29 is 12.6 Å². The maximum absolute atomic E-state index is 11.0. The van der Waals surface area contributed by atoms with Crippen LogP contribution in [0, 0.1) is 0 Å². The SMILES string of the molecule is CS(=O)(=O)OC1CCc2cc(Cl)ccc21. The predicted molar refractivity (Wildman–Crippen MR) is 58.4 cm³/mol. The first kappa shape index (κ1) is 10.9. The molecular formula is C10H11ClO3S. The summed E-state index contributed by atoms with van der Waals surface area (Å²) in [5.74, 6) is 0. The van der Waals surface area contributed by atoms with Crippen LogP contribution in [0.25, 0.3) is 0 Å². The number of fused-ring (bicyclic) bond motifs is 1. The van der Waals surface area contributed by atoms with E-state index in [9.17, 15) is 8.42 Å². The summed E-state index contributed by atoms with van der Waals surface area (Å²) in [6, 6.07) is 5.45. The minimum atomic E-state index is -3.39. The first-order valence-corrected chi connectivity index (χ1v) is 6.82. The molecule has 1 aromatic carbocycles. The van der Waals surface area contributed by atoms with Crippen molar-refractivity contribution in [3.8, 4) is 0 Å². The molecule has 0 N–H and O–H groups in total. The van der Waals surface area contributed by atoms with E-state index in [1.165, 1.54) is 0 Å². The standard InChI is InChI=1S/C10H11ClO3S/c1-15(12,13)14-10-5-2-7-6-8(11)3-4-9(7)10/h3-4,6,10H,2,5H2,1H3. The summed E-state index contributed by atoms with van der Waals surface area (Å²) < 4.78 is 27.0. The van der Waals surface area contributed by atoms with E-state index in [4.69, 9.17) is 15.8 Å². The Bertz CT molecular complexity index is 481. The summed E-state index contributed by atoms with van der Waals surface area (Å²) in [6.45, 7) is 0. The van der Waals surface area contributed by atoms with Gasteiger partial charge in [0, 0.05) is 5.02 Å². The molecule has 0 heterocycles. The molecule has 0 aromatic heterocycles. The van der Waals surface area contributed by atoms with Crippen LogP contribution >= 0.6 is 11.6 Å². The summed E-state index contributed by atoms with van der Waals surface area (Å²) >= 11 is 5.85. The van der Waals surface area contributed by atoms with Crippen LogP contribution < -0.4 is 0 Å². The third-order valence-electron chi connectivity index (χ3n) is 2.42. The van der Waals surface area contributed by atoms with Gasteiger partial charge < -0.3 is 0 Å². The van der Waals surface area contributed by atoms with Crippen molar-refractivity contribution in [2.45, 2.75) is 18.9 Å². The lowest BCUT2D eigenvalue weighted by atomic mass is 10.1. The maximum atomic E-state index is 11.0. The normalized spacial score (nSPS) is 20.3. The summed E-state index contributed by atoms with van der Waals surface area (Å²) in [6.07, 6.45) is 2.24. The summed E-state index contributed by atoms with van der Waals surface area (Å²) in [4.78, 5) is 0. The molecule has 1 aromatic rings. The van der Waals surface area contributed by atoms with Gasteiger partial charge in [0.25, 0.3) is 10.1 Å². The van der Waals surface area contributed by atoms with E-state index in [-0.39, 0.29) is 6.10 Å². The molecule has 0 saturated carbocycles. The number of benzene rings is 1. The van der Waals surface area contributed by atoms with Gasteiger partial charge in [0.15, 0.2) is 0 Å². The molecule has 5 heteroatoms. The zero-order valence-corrected chi connectivity index (χ0v) is 9.81. The third-order valence-corrected chi connectivity index (χ3v) is 3.24. The number of halogens is 1. The lowest BCUT2D eigenvalue weighted by molar-refractivity contribution is 0.217. The smallest absolute Gasteiger partial charge is 0.262 e. The molecule has 1 unspecified atom stereocenters. The Hall–Kier alpha value is -0.580. The largest absolute Gasteiger partial charge is 0.264 e. The van der Waals surface area contributed by atoms with Gasteiger partial charge in [-0.1, -0.05) is 17.7 Å². The van der Waals surface area contributed by atoms with Crippen molar-refractivity contribution in [3.63, 3.8) is 0 Å². The zero-order valence-electron chi connectivity index (χ0n) is 8.23. The van der Waals surface area contributed by atoms with E-state index < -0.39 is 10.1 Å². The summed E-state index contributed by atoms with van der Waals surface area (Å²) in [7, 11) is -3.39. The fourth-order valence-electron chi connectivity index (χ4n) is 1.86. The molecule has 3 nitrogen and oxygen atoms in total. The summed E-state index contributed by atoms with van der Waals surface area (Å²) in [5, 5.41) is 0.675. The Balaban J connectivity index is 2.29. The predicted octanol–water partition coefficient (Wildman–Crippen LogP) is 2.30. The van der Waals surface area contributed by atoms with Crippen LogP contribution in [0.15, 0.2) is 18.2 Å². The molecule has 0 bridgehead atoms. The second kappa shape index (κ2) is 3.77. The molecule has 82 valence electrons. The molecule has 0 aliphatic heterocycles. The molecule has 0 saturated heterocycles. The van der Waals surface area contributed by atoms with Crippen molar-refractivity contribution >= 4 is 21.7 Å². The highest BCUT2D eigenvalue weighted by Gasteiger charge is 2.26. The fraction of sp³-hybridized carbons (Fsp3) is 0.400. The number of aryl methyl sites for hydroxylation is 1. The Morgan fingerprint density at radius 2 is 2.20 bits per heavy atom. The van der Waals surface area contributed by atoms with Crippen molar-refractivity contribution in [3.05, 3.63) is 34.3 Å². The minimum absolute atomic E-state index is 0.340. The van der Waals surface area contributed by atoms with E-state index in [0.29, 0.717) is 11.4 Å². The van der Waals surface area contributed by atoms with Crippen LogP contribution in [0.3, 0.4) is 0 Å². The molecule has 15 heavy (non-hydrogen) atoms. The Morgan fingerprint density at radius 3 is 2.87 bits per heavy atom. The zero-order chi connectivity index (χ0) is 11.1.